The van der Waals surface area contributed by atoms with Crippen molar-refractivity contribution >= 4 is 5.82 Å². The Kier molecular flexibility index (Phi) is 3.12. The summed E-state index contributed by atoms with van der Waals surface area (Å²) in [4.78, 5) is 3.94. The third-order valence-corrected chi connectivity index (χ3v) is 3.24. The summed E-state index contributed by atoms with van der Waals surface area (Å²) in [6.07, 6.45) is 5.81. The highest BCUT2D eigenvalue weighted by molar-refractivity contribution is 5.32. The maximum atomic E-state index is 10.4. The molecule has 1 aliphatic carbocycles. The van der Waals surface area contributed by atoms with Crippen LogP contribution in [-0.2, 0) is 6.42 Å². The van der Waals surface area contributed by atoms with Gasteiger partial charge in [-0.05, 0) is 43.4 Å². The van der Waals surface area contributed by atoms with Crippen LogP contribution in [0.1, 0.15) is 31.2 Å². The zero-order valence-corrected chi connectivity index (χ0v) is 9.39. The molecule has 2 rings (SSSR count). The first-order chi connectivity index (χ1) is 7.57. The van der Waals surface area contributed by atoms with E-state index in [1.54, 1.807) is 6.20 Å². The molecule has 0 aliphatic heterocycles. The average molecular weight is 221 g/mol. The van der Waals surface area contributed by atoms with Gasteiger partial charge < -0.3 is 16.6 Å². The van der Waals surface area contributed by atoms with Crippen molar-refractivity contribution < 1.29 is 5.11 Å². The van der Waals surface area contributed by atoms with E-state index in [-0.39, 0.29) is 6.04 Å². The quantitative estimate of drug-likeness (QED) is 0.690. The maximum Gasteiger partial charge on any atom is 0.123 e. The minimum absolute atomic E-state index is 0.123. The Bertz CT molecular complexity index is 369. The minimum atomic E-state index is -0.661. The van der Waals surface area contributed by atoms with Gasteiger partial charge in [0.15, 0.2) is 0 Å². The van der Waals surface area contributed by atoms with E-state index in [0.29, 0.717) is 18.7 Å². The molecule has 0 amide bonds. The van der Waals surface area contributed by atoms with E-state index in [9.17, 15) is 5.11 Å². The number of aromatic nitrogens is 1. The molecule has 0 bridgehead atoms. The van der Waals surface area contributed by atoms with Crippen LogP contribution in [0.25, 0.3) is 0 Å². The highest BCUT2D eigenvalue weighted by Gasteiger charge is 2.32. The Morgan fingerprint density at radius 1 is 1.56 bits per heavy atom. The highest BCUT2D eigenvalue weighted by Crippen LogP contribution is 2.30. The number of rotatable bonds is 2. The van der Waals surface area contributed by atoms with Crippen LogP contribution in [0, 0.1) is 0 Å². The van der Waals surface area contributed by atoms with Gasteiger partial charge in [0.1, 0.15) is 5.82 Å². The first kappa shape index (κ1) is 11.4. The fraction of sp³-hybridized carbons (Fsp3) is 0.583. The van der Waals surface area contributed by atoms with E-state index in [1.165, 1.54) is 0 Å². The molecule has 1 aliphatic rings. The van der Waals surface area contributed by atoms with Crippen LogP contribution in [0.3, 0.4) is 0 Å². The zero-order chi connectivity index (χ0) is 11.6. The number of pyridine rings is 1. The van der Waals surface area contributed by atoms with Crippen LogP contribution in [0.15, 0.2) is 18.3 Å². The summed E-state index contributed by atoms with van der Waals surface area (Å²) in [5, 5.41) is 10.4. The molecule has 1 heterocycles. The van der Waals surface area contributed by atoms with E-state index in [2.05, 4.69) is 4.98 Å². The molecule has 0 aromatic carbocycles. The Morgan fingerprint density at radius 3 is 3.06 bits per heavy atom. The summed E-state index contributed by atoms with van der Waals surface area (Å²) in [5.74, 6) is 0.501. The lowest BCUT2D eigenvalue weighted by Gasteiger charge is -2.35. The molecule has 1 saturated carbocycles. The second-order valence-corrected chi connectivity index (χ2v) is 4.85. The molecule has 88 valence electrons. The molecule has 0 radical (unpaired) electrons. The number of hydrogen-bond acceptors (Lipinski definition) is 4. The van der Waals surface area contributed by atoms with E-state index in [4.69, 9.17) is 11.5 Å². The maximum absolute atomic E-state index is 10.4. The molecule has 1 fully saturated rings. The number of hydrogen-bond donors (Lipinski definition) is 3. The molecule has 2 atom stereocenters. The third kappa shape index (κ3) is 2.71. The van der Waals surface area contributed by atoms with E-state index in [1.807, 2.05) is 12.1 Å². The third-order valence-electron chi connectivity index (χ3n) is 3.24. The minimum Gasteiger partial charge on any atom is -0.389 e. The van der Waals surface area contributed by atoms with Gasteiger partial charge in [0, 0.05) is 18.7 Å². The van der Waals surface area contributed by atoms with Crippen molar-refractivity contribution in [3.8, 4) is 0 Å². The molecule has 1 aromatic heterocycles. The Morgan fingerprint density at radius 2 is 2.38 bits per heavy atom. The van der Waals surface area contributed by atoms with Crippen molar-refractivity contribution in [2.45, 2.75) is 43.7 Å². The molecular weight excluding hydrogens is 202 g/mol. The van der Waals surface area contributed by atoms with Crippen molar-refractivity contribution in [2.24, 2.45) is 5.73 Å². The van der Waals surface area contributed by atoms with Gasteiger partial charge in [-0.25, -0.2) is 4.98 Å². The van der Waals surface area contributed by atoms with Gasteiger partial charge >= 0.3 is 0 Å². The van der Waals surface area contributed by atoms with Gasteiger partial charge in [0.2, 0.25) is 0 Å². The molecule has 16 heavy (non-hydrogen) atoms. The summed E-state index contributed by atoms with van der Waals surface area (Å²) in [5.41, 5.74) is 11.9. The largest absolute Gasteiger partial charge is 0.389 e. The summed E-state index contributed by atoms with van der Waals surface area (Å²) >= 11 is 0. The van der Waals surface area contributed by atoms with Crippen LogP contribution in [0.4, 0.5) is 5.82 Å². The summed E-state index contributed by atoms with van der Waals surface area (Å²) < 4.78 is 0. The average Bonchev–Trinajstić information content (AvgIpc) is 2.16. The fourth-order valence-corrected chi connectivity index (χ4v) is 2.53. The van der Waals surface area contributed by atoms with Gasteiger partial charge in [0.05, 0.1) is 5.60 Å². The molecule has 4 nitrogen and oxygen atoms in total. The molecular formula is C12H19N3O. The Hall–Kier alpha value is -1.13. The molecule has 5 N–H and O–H groups in total. The monoisotopic (exact) mass is 221 g/mol. The number of nitrogens with two attached hydrogens (primary N) is 2. The van der Waals surface area contributed by atoms with Crippen molar-refractivity contribution in [3.05, 3.63) is 23.9 Å². The molecule has 0 saturated heterocycles. The van der Waals surface area contributed by atoms with Crippen molar-refractivity contribution in [2.75, 3.05) is 5.73 Å². The van der Waals surface area contributed by atoms with Gasteiger partial charge in [-0.2, -0.15) is 0 Å². The summed E-state index contributed by atoms with van der Waals surface area (Å²) in [6, 6.07) is 3.84. The van der Waals surface area contributed by atoms with Gasteiger partial charge in [-0.15, -0.1) is 0 Å². The standard InChI is InChI=1S/C12H19N3O/c13-10-2-1-4-12(16,8-10)7-9-3-5-15-11(14)6-9/h3,5-6,10,16H,1-2,4,7-8,13H2,(H2,14,15). The van der Waals surface area contributed by atoms with E-state index < -0.39 is 5.60 Å². The topological polar surface area (TPSA) is 85.2 Å². The number of nitrogen functional groups attached to an aromatic ring is 1. The molecule has 2 unspecified atom stereocenters. The molecule has 4 heteroatoms. The second-order valence-electron chi connectivity index (χ2n) is 4.85. The van der Waals surface area contributed by atoms with Crippen molar-refractivity contribution in [1.82, 2.24) is 4.98 Å². The van der Waals surface area contributed by atoms with E-state index in [0.717, 1.165) is 24.8 Å². The van der Waals surface area contributed by atoms with Crippen molar-refractivity contribution in [3.63, 3.8) is 0 Å². The molecule has 0 spiro atoms. The summed E-state index contributed by atoms with van der Waals surface area (Å²) in [7, 11) is 0. The lowest BCUT2D eigenvalue weighted by molar-refractivity contribution is -0.00190. The lowest BCUT2D eigenvalue weighted by atomic mass is 9.78. The van der Waals surface area contributed by atoms with Crippen LogP contribution in [-0.4, -0.2) is 21.7 Å². The predicted octanol–water partition coefficient (Wildman–Crippen LogP) is 0.839. The van der Waals surface area contributed by atoms with Crippen LogP contribution >= 0.6 is 0 Å². The summed E-state index contributed by atoms with van der Waals surface area (Å²) in [6.45, 7) is 0. The normalized spacial score (nSPS) is 30.2. The van der Waals surface area contributed by atoms with Crippen molar-refractivity contribution in [1.29, 1.82) is 0 Å². The smallest absolute Gasteiger partial charge is 0.123 e. The molecule has 1 aromatic rings. The Labute approximate surface area is 95.7 Å². The predicted molar refractivity (Wildman–Crippen MR) is 63.7 cm³/mol. The zero-order valence-electron chi connectivity index (χ0n) is 9.39. The first-order valence-corrected chi connectivity index (χ1v) is 5.76. The van der Waals surface area contributed by atoms with Crippen LogP contribution in [0.5, 0.6) is 0 Å². The second kappa shape index (κ2) is 4.39. The van der Waals surface area contributed by atoms with Gasteiger partial charge in [-0.1, -0.05) is 0 Å². The van der Waals surface area contributed by atoms with Crippen LogP contribution < -0.4 is 11.5 Å². The SMILES string of the molecule is Nc1cc(CC2(O)CCCC(N)C2)ccn1. The van der Waals surface area contributed by atoms with E-state index >= 15 is 0 Å². The van der Waals surface area contributed by atoms with Gasteiger partial charge in [-0.3, -0.25) is 0 Å². The number of nitrogens with zero attached hydrogens (tertiary/aromatic N) is 1. The van der Waals surface area contributed by atoms with Gasteiger partial charge in [0.25, 0.3) is 0 Å². The number of aliphatic hydroxyl groups is 1. The highest BCUT2D eigenvalue weighted by atomic mass is 16.3. The number of anilines is 1. The Balaban J connectivity index is 2.08. The lowest BCUT2D eigenvalue weighted by Crippen LogP contribution is -2.42. The fourth-order valence-electron chi connectivity index (χ4n) is 2.53. The first-order valence-electron chi connectivity index (χ1n) is 5.76. The van der Waals surface area contributed by atoms with Crippen LogP contribution in [0.2, 0.25) is 0 Å².